The number of hydrogen-bond acceptors (Lipinski definition) is 1. The number of hydrogen-bond donors (Lipinski definition) is 1. The Morgan fingerprint density at radius 3 is 2.30 bits per heavy atom. The van der Waals surface area contributed by atoms with Crippen molar-refractivity contribution in [3.8, 4) is 12.0 Å². The Hall–Kier alpha value is -0.640. The van der Waals surface area contributed by atoms with Crippen molar-refractivity contribution in [2.45, 2.75) is 33.6 Å². The van der Waals surface area contributed by atoms with Crippen LogP contribution in [-0.2, 0) is 0 Å². The molecule has 0 bridgehead atoms. The topological polar surface area (TPSA) is 12.0 Å². The van der Waals surface area contributed by atoms with Gasteiger partial charge in [-0.25, -0.2) is 0 Å². The van der Waals surface area contributed by atoms with Gasteiger partial charge in [0.15, 0.2) is 0 Å². The molecule has 0 aliphatic carbocycles. The van der Waals surface area contributed by atoms with E-state index in [0.717, 1.165) is 6.42 Å². The van der Waals surface area contributed by atoms with Gasteiger partial charge in [0.25, 0.3) is 0 Å². The Bertz CT molecular complexity index is 131. The summed E-state index contributed by atoms with van der Waals surface area (Å²) in [7, 11) is 1.84. The maximum Gasteiger partial charge on any atom is 0.0116 e. The highest BCUT2D eigenvalue weighted by atomic mass is 14.8. The second-order valence-electron chi connectivity index (χ2n) is 3.61. The van der Waals surface area contributed by atoms with E-state index in [4.69, 9.17) is 0 Å². The van der Waals surface area contributed by atoms with Crippen molar-refractivity contribution in [1.29, 1.82) is 0 Å². The third-order valence-corrected chi connectivity index (χ3v) is 1.21. The highest BCUT2D eigenvalue weighted by Gasteiger charge is 2.07. The van der Waals surface area contributed by atoms with Crippen molar-refractivity contribution in [2.75, 3.05) is 7.05 Å². The zero-order valence-corrected chi connectivity index (χ0v) is 7.41. The summed E-state index contributed by atoms with van der Waals surface area (Å²) in [6, 6.07) is 2.82. The van der Waals surface area contributed by atoms with Crippen LogP contribution < -0.4 is 5.32 Å². The molecule has 0 amide bonds. The molecule has 0 saturated heterocycles. The predicted molar refractivity (Wildman–Crippen MR) is 45.5 cm³/mol. The molecule has 0 aromatic rings. The molecule has 0 fully saturated rings. The maximum absolute atomic E-state index is 3.03. The molecular formula is C9H17N. The van der Waals surface area contributed by atoms with Crippen molar-refractivity contribution in [1.82, 2.24) is 5.32 Å². The summed E-state index contributed by atoms with van der Waals surface area (Å²) in [5.74, 6) is 3.03. The van der Waals surface area contributed by atoms with Gasteiger partial charge in [-0.2, -0.15) is 0 Å². The average molecular weight is 139 g/mol. The highest BCUT2D eigenvalue weighted by Crippen LogP contribution is 2.19. The minimum Gasteiger partial charge on any atom is -0.349 e. The molecule has 0 radical (unpaired) electrons. The van der Waals surface area contributed by atoms with Crippen LogP contribution in [0.5, 0.6) is 0 Å². The molecule has 0 saturated carbocycles. The summed E-state index contributed by atoms with van der Waals surface area (Å²) in [5.41, 5.74) is 0.419. The van der Waals surface area contributed by atoms with E-state index in [-0.39, 0.29) is 0 Å². The normalized spacial score (nSPS) is 10.0. The van der Waals surface area contributed by atoms with Crippen LogP contribution in [0, 0.1) is 17.4 Å². The molecule has 58 valence electrons. The third-order valence-electron chi connectivity index (χ3n) is 1.21. The van der Waals surface area contributed by atoms with E-state index in [1.165, 1.54) is 6.42 Å². The van der Waals surface area contributed by atoms with Crippen LogP contribution in [0.15, 0.2) is 0 Å². The first kappa shape index (κ1) is 9.36. The van der Waals surface area contributed by atoms with Gasteiger partial charge in [0, 0.05) is 19.5 Å². The van der Waals surface area contributed by atoms with Crippen LogP contribution in [0.25, 0.3) is 0 Å². The van der Waals surface area contributed by atoms with E-state index in [9.17, 15) is 0 Å². The van der Waals surface area contributed by atoms with Crippen molar-refractivity contribution in [2.24, 2.45) is 5.41 Å². The fourth-order valence-electron chi connectivity index (χ4n) is 0.588. The largest absolute Gasteiger partial charge is 0.349 e. The van der Waals surface area contributed by atoms with Crippen LogP contribution in [-0.4, -0.2) is 7.05 Å². The first-order valence-electron chi connectivity index (χ1n) is 3.71. The summed E-state index contributed by atoms with van der Waals surface area (Å²) < 4.78 is 0. The van der Waals surface area contributed by atoms with Gasteiger partial charge < -0.3 is 5.32 Å². The highest BCUT2D eigenvalue weighted by molar-refractivity contribution is 4.96. The quantitative estimate of drug-likeness (QED) is 0.433. The molecule has 0 spiro atoms. The molecule has 10 heavy (non-hydrogen) atoms. The zero-order valence-electron chi connectivity index (χ0n) is 7.41. The molecule has 1 heteroatoms. The number of nitrogens with one attached hydrogen (secondary N) is 1. The molecule has 0 aliphatic heterocycles. The van der Waals surface area contributed by atoms with Gasteiger partial charge in [0.1, 0.15) is 0 Å². The average Bonchev–Trinajstić information content (AvgIpc) is 1.78. The van der Waals surface area contributed by atoms with Crippen molar-refractivity contribution >= 4 is 0 Å². The lowest BCUT2D eigenvalue weighted by molar-refractivity contribution is 0.384. The van der Waals surface area contributed by atoms with Crippen LogP contribution in [0.3, 0.4) is 0 Å². The monoisotopic (exact) mass is 139 g/mol. The van der Waals surface area contributed by atoms with E-state index >= 15 is 0 Å². The van der Waals surface area contributed by atoms with E-state index in [0.29, 0.717) is 5.41 Å². The molecule has 0 rings (SSSR count). The van der Waals surface area contributed by atoms with Gasteiger partial charge in [0.05, 0.1) is 0 Å². The van der Waals surface area contributed by atoms with Crippen LogP contribution >= 0.6 is 0 Å². The predicted octanol–water partition coefficient (Wildman–Crippen LogP) is 1.99. The molecule has 0 aromatic heterocycles. The Labute approximate surface area is 64.2 Å². The van der Waals surface area contributed by atoms with Crippen LogP contribution in [0.4, 0.5) is 0 Å². The molecular weight excluding hydrogens is 122 g/mol. The van der Waals surface area contributed by atoms with Gasteiger partial charge >= 0.3 is 0 Å². The van der Waals surface area contributed by atoms with Gasteiger partial charge in [-0.3, -0.25) is 0 Å². The SMILES string of the molecule is CNC#CCCC(C)(C)C. The van der Waals surface area contributed by atoms with E-state index < -0.39 is 0 Å². The second-order valence-corrected chi connectivity index (χ2v) is 3.61. The lowest BCUT2D eigenvalue weighted by atomic mass is 9.91. The first-order chi connectivity index (χ1) is 4.56. The lowest BCUT2D eigenvalue weighted by Crippen LogP contribution is -2.03. The van der Waals surface area contributed by atoms with Gasteiger partial charge in [-0.1, -0.05) is 26.7 Å². The summed E-state index contributed by atoms with van der Waals surface area (Å²) in [6.07, 6.45) is 2.16. The summed E-state index contributed by atoms with van der Waals surface area (Å²) >= 11 is 0. The Morgan fingerprint density at radius 1 is 1.30 bits per heavy atom. The minimum absolute atomic E-state index is 0.419. The van der Waals surface area contributed by atoms with E-state index in [1.54, 1.807) is 0 Å². The van der Waals surface area contributed by atoms with E-state index in [2.05, 4.69) is 38.1 Å². The van der Waals surface area contributed by atoms with Crippen molar-refractivity contribution in [3.05, 3.63) is 0 Å². The van der Waals surface area contributed by atoms with Crippen LogP contribution in [0.2, 0.25) is 0 Å². The standard InChI is InChI=1S/C9H17N/c1-9(2,3)7-5-6-8-10-4/h10H,5,7H2,1-4H3. The van der Waals surface area contributed by atoms with E-state index in [1.807, 2.05) is 7.05 Å². The van der Waals surface area contributed by atoms with Crippen LogP contribution in [0.1, 0.15) is 33.6 Å². The molecule has 0 heterocycles. The Balaban J connectivity index is 3.37. The first-order valence-corrected chi connectivity index (χ1v) is 3.71. The Kier molecular flexibility index (Phi) is 3.95. The van der Waals surface area contributed by atoms with Crippen molar-refractivity contribution < 1.29 is 0 Å². The summed E-state index contributed by atoms with van der Waals surface area (Å²) in [4.78, 5) is 0. The van der Waals surface area contributed by atoms with Gasteiger partial charge in [-0.05, 0) is 11.8 Å². The molecule has 0 atom stereocenters. The second kappa shape index (κ2) is 4.22. The smallest absolute Gasteiger partial charge is 0.0116 e. The lowest BCUT2D eigenvalue weighted by Gasteiger charge is -2.15. The minimum atomic E-state index is 0.419. The van der Waals surface area contributed by atoms with Gasteiger partial charge in [0.2, 0.25) is 0 Å². The fourth-order valence-corrected chi connectivity index (χ4v) is 0.588. The van der Waals surface area contributed by atoms with Crippen molar-refractivity contribution in [3.63, 3.8) is 0 Å². The zero-order chi connectivity index (χ0) is 8.04. The molecule has 1 N–H and O–H groups in total. The maximum atomic E-state index is 3.03. The number of rotatable bonds is 1. The molecule has 0 aliphatic rings. The summed E-state index contributed by atoms with van der Waals surface area (Å²) in [6.45, 7) is 6.69. The molecule has 0 aromatic carbocycles. The third kappa shape index (κ3) is 7.36. The summed E-state index contributed by atoms with van der Waals surface area (Å²) in [5, 5.41) is 2.79. The van der Waals surface area contributed by atoms with Gasteiger partial charge in [-0.15, -0.1) is 0 Å². The molecule has 0 unspecified atom stereocenters. The fraction of sp³-hybridized carbons (Fsp3) is 0.778. The Morgan fingerprint density at radius 2 is 1.90 bits per heavy atom. The molecule has 1 nitrogen and oxygen atoms in total.